The van der Waals surface area contributed by atoms with Gasteiger partial charge in [-0.2, -0.15) is 0 Å². The smallest absolute Gasteiger partial charge is 0.265 e. The van der Waals surface area contributed by atoms with Crippen LogP contribution in [0.25, 0.3) is 0 Å². The Morgan fingerprint density at radius 1 is 1.16 bits per heavy atom. The first-order valence-corrected chi connectivity index (χ1v) is 5.94. The maximum Gasteiger partial charge on any atom is 0.265 e. The summed E-state index contributed by atoms with van der Waals surface area (Å²) in [5, 5.41) is 13.4. The summed E-state index contributed by atoms with van der Waals surface area (Å²) in [6.45, 7) is 1.78. The number of rotatable bonds is 1. The van der Waals surface area contributed by atoms with Crippen LogP contribution in [0.15, 0.2) is 42.5 Å². The molecule has 1 aliphatic rings. The molecule has 0 aliphatic carbocycles. The first-order valence-electron chi connectivity index (χ1n) is 5.94. The highest BCUT2D eigenvalue weighted by Crippen LogP contribution is 2.43. The summed E-state index contributed by atoms with van der Waals surface area (Å²) in [5.41, 5.74) is -0.311. The summed E-state index contributed by atoms with van der Waals surface area (Å²) in [7, 11) is 0. The van der Waals surface area contributed by atoms with Crippen molar-refractivity contribution in [1.29, 1.82) is 0 Å². The maximum absolute atomic E-state index is 13.9. The van der Waals surface area contributed by atoms with E-state index in [1.807, 2.05) is 0 Å². The SMILES string of the molecule is Cc1cccc2c1C(O)(c1ccccc1F)C(=O)N2. The Labute approximate surface area is 109 Å². The molecule has 0 aromatic heterocycles. The number of carbonyl (C=O) groups is 1. The third kappa shape index (κ3) is 1.50. The lowest BCUT2D eigenvalue weighted by atomic mass is 9.85. The van der Waals surface area contributed by atoms with Gasteiger partial charge in [-0.1, -0.05) is 30.3 Å². The number of hydrogen-bond acceptors (Lipinski definition) is 2. The van der Waals surface area contributed by atoms with Crippen molar-refractivity contribution in [3.05, 3.63) is 65.0 Å². The normalized spacial score (nSPS) is 21.1. The second kappa shape index (κ2) is 3.90. The van der Waals surface area contributed by atoms with Gasteiger partial charge in [0.1, 0.15) is 5.82 Å². The van der Waals surface area contributed by atoms with Crippen LogP contribution < -0.4 is 5.32 Å². The fraction of sp³-hybridized carbons (Fsp3) is 0.133. The van der Waals surface area contributed by atoms with E-state index in [-0.39, 0.29) is 5.56 Å². The minimum absolute atomic E-state index is 0.0273. The van der Waals surface area contributed by atoms with Crippen LogP contribution in [-0.2, 0) is 10.4 Å². The molecular weight excluding hydrogens is 245 g/mol. The highest BCUT2D eigenvalue weighted by atomic mass is 19.1. The highest BCUT2D eigenvalue weighted by molar-refractivity contribution is 6.07. The van der Waals surface area contributed by atoms with E-state index >= 15 is 0 Å². The van der Waals surface area contributed by atoms with Gasteiger partial charge in [0.2, 0.25) is 0 Å². The van der Waals surface area contributed by atoms with Crippen LogP contribution in [0.3, 0.4) is 0 Å². The number of nitrogens with one attached hydrogen (secondary N) is 1. The van der Waals surface area contributed by atoms with E-state index in [9.17, 15) is 14.3 Å². The van der Waals surface area contributed by atoms with Crippen LogP contribution in [0, 0.1) is 12.7 Å². The molecular formula is C15H12FNO2. The van der Waals surface area contributed by atoms with Gasteiger partial charge in [0.15, 0.2) is 5.60 Å². The third-order valence-electron chi connectivity index (χ3n) is 3.48. The number of benzene rings is 2. The molecule has 0 spiro atoms. The van der Waals surface area contributed by atoms with E-state index in [4.69, 9.17) is 0 Å². The van der Waals surface area contributed by atoms with Crippen LogP contribution in [0.2, 0.25) is 0 Å². The average Bonchev–Trinajstić information content (AvgIpc) is 2.64. The van der Waals surface area contributed by atoms with E-state index < -0.39 is 17.3 Å². The predicted octanol–water partition coefficient (Wildman–Crippen LogP) is 2.32. The van der Waals surface area contributed by atoms with Crippen LogP contribution in [0.1, 0.15) is 16.7 Å². The van der Waals surface area contributed by atoms with Crippen molar-refractivity contribution in [2.45, 2.75) is 12.5 Å². The average molecular weight is 257 g/mol. The summed E-state index contributed by atoms with van der Waals surface area (Å²) in [4.78, 5) is 12.1. The summed E-state index contributed by atoms with van der Waals surface area (Å²) in [6, 6.07) is 11.0. The van der Waals surface area contributed by atoms with Gasteiger partial charge in [-0.25, -0.2) is 4.39 Å². The number of aliphatic hydroxyl groups is 1. The molecule has 4 heteroatoms. The second-order valence-corrected chi connectivity index (χ2v) is 4.64. The molecule has 2 aromatic rings. The lowest BCUT2D eigenvalue weighted by molar-refractivity contribution is -0.130. The zero-order valence-corrected chi connectivity index (χ0v) is 10.3. The maximum atomic E-state index is 13.9. The summed E-state index contributed by atoms with van der Waals surface area (Å²) < 4.78 is 13.9. The van der Waals surface area contributed by atoms with Crippen LogP contribution in [0.5, 0.6) is 0 Å². The standard InChI is InChI=1S/C15H12FNO2/c1-9-5-4-8-12-13(9)15(19,14(18)17-12)10-6-2-3-7-11(10)16/h2-8,19H,1H3,(H,17,18). The van der Waals surface area contributed by atoms with Crippen LogP contribution in [-0.4, -0.2) is 11.0 Å². The largest absolute Gasteiger partial charge is 0.372 e. The summed E-state index contributed by atoms with van der Waals surface area (Å²) >= 11 is 0. The zero-order chi connectivity index (χ0) is 13.6. The molecule has 1 aliphatic heterocycles. The van der Waals surface area contributed by atoms with Gasteiger partial charge in [-0.05, 0) is 24.6 Å². The van der Waals surface area contributed by atoms with Crippen molar-refractivity contribution in [3.8, 4) is 0 Å². The van der Waals surface area contributed by atoms with Crippen molar-refractivity contribution < 1.29 is 14.3 Å². The van der Waals surface area contributed by atoms with E-state index in [1.165, 1.54) is 18.2 Å². The Bertz CT molecular complexity index is 684. The van der Waals surface area contributed by atoms with Crippen LogP contribution in [0.4, 0.5) is 10.1 Å². The van der Waals surface area contributed by atoms with Crippen molar-refractivity contribution in [2.24, 2.45) is 0 Å². The Hall–Kier alpha value is -2.20. The van der Waals surface area contributed by atoms with E-state index in [0.717, 1.165) is 5.56 Å². The molecule has 1 atom stereocenters. The molecule has 96 valence electrons. The number of carbonyl (C=O) groups excluding carboxylic acids is 1. The van der Waals surface area contributed by atoms with Gasteiger partial charge in [0, 0.05) is 16.8 Å². The second-order valence-electron chi connectivity index (χ2n) is 4.64. The lowest BCUT2D eigenvalue weighted by Crippen LogP contribution is -2.36. The van der Waals surface area contributed by atoms with E-state index in [0.29, 0.717) is 11.3 Å². The number of halogens is 1. The molecule has 1 amide bonds. The van der Waals surface area contributed by atoms with Gasteiger partial charge in [0.25, 0.3) is 5.91 Å². The molecule has 0 saturated carbocycles. The molecule has 3 nitrogen and oxygen atoms in total. The van der Waals surface area contributed by atoms with Gasteiger partial charge < -0.3 is 10.4 Å². The summed E-state index contributed by atoms with van der Waals surface area (Å²) in [5.74, 6) is -1.22. The Kier molecular flexibility index (Phi) is 2.43. The Morgan fingerprint density at radius 2 is 1.89 bits per heavy atom. The fourth-order valence-corrected chi connectivity index (χ4v) is 2.59. The van der Waals surface area contributed by atoms with Crippen molar-refractivity contribution in [2.75, 3.05) is 5.32 Å². The van der Waals surface area contributed by atoms with Gasteiger partial charge >= 0.3 is 0 Å². The van der Waals surface area contributed by atoms with Gasteiger partial charge in [-0.15, -0.1) is 0 Å². The Balaban J connectivity index is 2.32. The van der Waals surface area contributed by atoms with E-state index in [2.05, 4.69) is 5.32 Å². The number of amides is 1. The molecule has 0 radical (unpaired) electrons. The highest BCUT2D eigenvalue weighted by Gasteiger charge is 2.49. The summed E-state index contributed by atoms with van der Waals surface area (Å²) in [6.07, 6.45) is 0. The van der Waals surface area contributed by atoms with Crippen molar-refractivity contribution in [1.82, 2.24) is 0 Å². The quantitative estimate of drug-likeness (QED) is 0.823. The third-order valence-corrected chi connectivity index (χ3v) is 3.48. The van der Waals surface area contributed by atoms with E-state index in [1.54, 1.807) is 31.2 Å². The molecule has 2 N–H and O–H groups in total. The monoisotopic (exact) mass is 257 g/mol. The number of aryl methyl sites for hydroxylation is 1. The predicted molar refractivity (Wildman–Crippen MR) is 69.2 cm³/mol. The first kappa shape index (κ1) is 11.9. The molecule has 19 heavy (non-hydrogen) atoms. The van der Waals surface area contributed by atoms with Crippen molar-refractivity contribution in [3.63, 3.8) is 0 Å². The minimum atomic E-state index is -1.97. The topological polar surface area (TPSA) is 49.3 Å². The molecule has 0 saturated heterocycles. The van der Waals surface area contributed by atoms with Gasteiger partial charge in [-0.3, -0.25) is 4.79 Å². The molecule has 2 aromatic carbocycles. The first-order chi connectivity index (χ1) is 9.05. The van der Waals surface area contributed by atoms with Gasteiger partial charge in [0.05, 0.1) is 0 Å². The number of fused-ring (bicyclic) bond motifs is 1. The number of hydrogen-bond donors (Lipinski definition) is 2. The number of anilines is 1. The van der Waals surface area contributed by atoms with Crippen molar-refractivity contribution >= 4 is 11.6 Å². The molecule has 0 bridgehead atoms. The minimum Gasteiger partial charge on any atom is -0.372 e. The molecule has 1 heterocycles. The zero-order valence-electron chi connectivity index (χ0n) is 10.3. The molecule has 3 rings (SSSR count). The van der Waals surface area contributed by atoms with Crippen LogP contribution >= 0.6 is 0 Å². The fourth-order valence-electron chi connectivity index (χ4n) is 2.59. The molecule has 1 unspecified atom stereocenters. The Morgan fingerprint density at radius 3 is 2.63 bits per heavy atom. The molecule has 0 fully saturated rings. The lowest BCUT2D eigenvalue weighted by Gasteiger charge is -2.23.